The number of furan rings is 1. The van der Waals surface area contributed by atoms with E-state index in [9.17, 15) is 4.79 Å². The van der Waals surface area contributed by atoms with Crippen molar-refractivity contribution in [2.24, 2.45) is 0 Å². The molecular formula is C51H34O3. The SMILES string of the molecule is Cc1ccc(-c2ccc3oc(=O)c4cc(-c5ccccc5)cc(-c5ccccc5)c4c3c2)cc1-c1ccccc1Cc1cccc2c1oc1ccccc12. The topological polar surface area (TPSA) is 43.4 Å². The van der Waals surface area contributed by atoms with Crippen molar-refractivity contribution in [2.45, 2.75) is 13.3 Å². The van der Waals surface area contributed by atoms with Crippen molar-refractivity contribution in [1.82, 2.24) is 0 Å². The number of para-hydroxylation sites is 2. The highest BCUT2D eigenvalue weighted by Gasteiger charge is 2.18. The maximum atomic E-state index is 13.7. The Kier molecular flexibility index (Phi) is 7.59. The van der Waals surface area contributed by atoms with Crippen molar-refractivity contribution >= 4 is 43.7 Å². The molecule has 3 heteroatoms. The Balaban J connectivity index is 1.12. The van der Waals surface area contributed by atoms with Crippen molar-refractivity contribution in [1.29, 1.82) is 0 Å². The largest absolute Gasteiger partial charge is 0.456 e. The molecule has 3 nitrogen and oxygen atoms in total. The molecule has 0 fully saturated rings. The van der Waals surface area contributed by atoms with E-state index < -0.39 is 0 Å². The summed E-state index contributed by atoms with van der Waals surface area (Å²) in [5.74, 6) is 0. The predicted octanol–water partition coefficient (Wildman–Crippen LogP) is 13.4. The van der Waals surface area contributed by atoms with E-state index in [2.05, 4.69) is 122 Å². The van der Waals surface area contributed by atoms with Crippen LogP contribution in [-0.4, -0.2) is 0 Å². The molecule has 0 unspecified atom stereocenters. The van der Waals surface area contributed by atoms with Crippen LogP contribution in [0.4, 0.5) is 0 Å². The predicted molar refractivity (Wildman–Crippen MR) is 223 cm³/mol. The third-order valence-electron chi connectivity index (χ3n) is 10.7. The molecule has 0 bridgehead atoms. The summed E-state index contributed by atoms with van der Waals surface area (Å²) in [7, 11) is 0. The normalized spacial score (nSPS) is 11.6. The van der Waals surface area contributed by atoms with Gasteiger partial charge >= 0.3 is 5.63 Å². The van der Waals surface area contributed by atoms with Crippen LogP contribution in [0.3, 0.4) is 0 Å². The van der Waals surface area contributed by atoms with Gasteiger partial charge in [0.2, 0.25) is 0 Å². The average Bonchev–Trinajstić information content (AvgIpc) is 3.61. The first-order valence-corrected chi connectivity index (χ1v) is 18.3. The Morgan fingerprint density at radius 3 is 1.89 bits per heavy atom. The van der Waals surface area contributed by atoms with Crippen LogP contribution in [0.15, 0.2) is 190 Å². The number of rotatable bonds is 6. The third-order valence-corrected chi connectivity index (χ3v) is 10.7. The average molecular weight is 695 g/mol. The van der Waals surface area contributed by atoms with E-state index >= 15 is 0 Å². The minimum atomic E-state index is -0.340. The lowest BCUT2D eigenvalue weighted by molar-refractivity contribution is 0.570. The summed E-state index contributed by atoms with van der Waals surface area (Å²) in [6, 6.07) is 60.9. The number of fused-ring (bicyclic) bond motifs is 6. The highest BCUT2D eigenvalue weighted by atomic mass is 16.4. The lowest BCUT2D eigenvalue weighted by atomic mass is 9.89. The third kappa shape index (κ3) is 5.41. The van der Waals surface area contributed by atoms with Crippen LogP contribution in [0.1, 0.15) is 16.7 Å². The zero-order valence-electron chi connectivity index (χ0n) is 29.7. The van der Waals surface area contributed by atoms with E-state index in [0.717, 1.165) is 78.1 Å². The van der Waals surface area contributed by atoms with Gasteiger partial charge in [-0.05, 0) is 105 Å². The Labute approximate surface area is 312 Å². The summed E-state index contributed by atoms with van der Waals surface area (Å²) in [5.41, 5.74) is 14.3. The van der Waals surface area contributed by atoms with Crippen molar-refractivity contribution in [3.8, 4) is 44.5 Å². The van der Waals surface area contributed by atoms with Crippen molar-refractivity contribution in [3.63, 3.8) is 0 Å². The van der Waals surface area contributed by atoms with Crippen LogP contribution < -0.4 is 5.63 Å². The number of aryl methyl sites for hydroxylation is 1. The molecule has 2 heterocycles. The lowest BCUT2D eigenvalue weighted by Gasteiger charge is -2.15. The van der Waals surface area contributed by atoms with Crippen LogP contribution in [0, 0.1) is 6.92 Å². The Bertz CT molecular complexity index is 3100. The van der Waals surface area contributed by atoms with Crippen LogP contribution in [0.2, 0.25) is 0 Å². The number of benzene rings is 8. The summed E-state index contributed by atoms with van der Waals surface area (Å²) in [6.07, 6.45) is 0.741. The van der Waals surface area contributed by atoms with E-state index in [4.69, 9.17) is 8.83 Å². The van der Waals surface area contributed by atoms with Crippen molar-refractivity contribution < 1.29 is 8.83 Å². The van der Waals surface area contributed by atoms with Crippen LogP contribution in [0.25, 0.3) is 88.2 Å². The molecule has 0 radical (unpaired) electrons. The van der Waals surface area contributed by atoms with Gasteiger partial charge in [0.05, 0.1) is 5.39 Å². The van der Waals surface area contributed by atoms with Crippen LogP contribution >= 0.6 is 0 Å². The summed E-state index contributed by atoms with van der Waals surface area (Å²) in [5, 5.41) is 4.65. The smallest absolute Gasteiger partial charge is 0.344 e. The minimum Gasteiger partial charge on any atom is -0.456 e. The highest BCUT2D eigenvalue weighted by molar-refractivity contribution is 6.14. The zero-order valence-corrected chi connectivity index (χ0v) is 29.7. The fourth-order valence-electron chi connectivity index (χ4n) is 8.06. The molecule has 0 spiro atoms. The molecule has 0 amide bonds. The molecule has 0 atom stereocenters. The van der Waals surface area contributed by atoms with E-state index in [1.165, 1.54) is 22.3 Å². The Morgan fingerprint density at radius 1 is 0.407 bits per heavy atom. The lowest BCUT2D eigenvalue weighted by Crippen LogP contribution is -2.02. The van der Waals surface area contributed by atoms with Gasteiger partial charge in [0.25, 0.3) is 0 Å². The summed E-state index contributed by atoms with van der Waals surface area (Å²) in [4.78, 5) is 13.7. The van der Waals surface area contributed by atoms with Gasteiger partial charge in [-0.2, -0.15) is 0 Å². The van der Waals surface area contributed by atoms with Crippen molar-refractivity contribution in [3.05, 3.63) is 203 Å². The van der Waals surface area contributed by atoms with E-state index in [-0.39, 0.29) is 5.63 Å². The molecule has 256 valence electrons. The van der Waals surface area contributed by atoms with Crippen LogP contribution in [-0.2, 0) is 6.42 Å². The Hall–Kier alpha value is -6.97. The first kappa shape index (κ1) is 31.7. The molecule has 0 aliphatic carbocycles. The second kappa shape index (κ2) is 12.9. The Morgan fingerprint density at radius 2 is 1.04 bits per heavy atom. The monoisotopic (exact) mass is 694 g/mol. The summed E-state index contributed by atoms with van der Waals surface area (Å²) >= 11 is 0. The number of hydrogen-bond acceptors (Lipinski definition) is 3. The van der Waals surface area contributed by atoms with Gasteiger partial charge in [-0.1, -0.05) is 140 Å². The molecule has 10 rings (SSSR count). The molecule has 0 aliphatic rings. The second-order valence-corrected chi connectivity index (χ2v) is 14.0. The maximum Gasteiger partial charge on any atom is 0.344 e. The molecule has 0 saturated heterocycles. The molecule has 8 aromatic carbocycles. The van der Waals surface area contributed by atoms with E-state index in [1.54, 1.807) is 0 Å². The highest BCUT2D eigenvalue weighted by Crippen LogP contribution is 2.40. The molecule has 2 aromatic heterocycles. The van der Waals surface area contributed by atoms with Gasteiger partial charge in [-0.15, -0.1) is 0 Å². The van der Waals surface area contributed by atoms with E-state index in [1.807, 2.05) is 60.7 Å². The minimum absolute atomic E-state index is 0.340. The van der Waals surface area contributed by atoms with Gasteiger partial charge in [-0.25, -0.2) is 4.79 Å². The molecule has 0 aliphatic heterocycles. The van der Waals surface area contributed by atoms with Gasteiger partial charge in [0, 0.05) is 28.0 Å². The van der Waals surface area contributed by atoms with E-state index in [0.29, 0.717) is 11.0 Å². The molecule has 0 N–H and O–H groups in total. The molecular weight excluding hydrogens is 661 g/mol. The summed E-state index contributed by atoms with van der Waals surface area (Å²) < 4.78 is 12.4. The quantitative estimate of drug-likeness (QED) is 0.129. The van der Waals surface area contributed by atoms with Crippen LogP contribution in [0.5, 0.6) is 0 Å². The second-order valence-electron chi connectivity index (χ2n) is 14.0. The van der Waals surface area contributed by atoms with Gasteiger partial charge in [0.15, 0.2) is 0 Å². The zero-order chi connectivity index (χ0) is 36.2. The fourth-order valence-corrected chi connectivity index (χ4v) is 8.06. The standard InChI is InChI=1S/C51H34O3/c1-32-23-24-35(28-43(32)40-19-9-8-17-37(40)27-38-18-12-21-42-41-20-10-11-22-47(41)53-50(38)42)36-25-26-48-45(29-36)49-44(34-15-6-3-7-16-34)30-39(31-46(49)51(52)54-48)33-13-4-2-5-14-33/h2-26,28-31H,27H2,1H3. The van der Waals surface area contributed by atoms with Gasteiger partial charge < -0.3 is 8.83 Å². The molecule has 54 heavy (non-hydrogen) atoms. The summed E-state index contributed by atoms with van der Waals surface area (Å²) in [6.45, 7) is 2.18. The van der Waals surface area contributed by atoms with Crippen molar-refractivity contribution in [2.75, 3.05) is 0 Å². The van der Waals surface area contributed by atoms with Gasteiger partial charge in [0.1, 0.15) is 16.7 Å². The fraction of sp³-hybridized carbons (Fsp3) is 0.0392. The first-order chi connectivity index (χ1) is 26.6. The maximum absolute atomic E-state index is 13.7. The first-order valence-electron chi connectivity index (χ1n) is 18.3. The van der Waals surface area contributed by atoms with Gasteiger partial charge in [-0.3, -0.25) is 0 Å². The molecule has 0 saturated carbocycles. The number of hydrogen-bond donors (Lipinski definition) is 0. The molecule has 10 aromatic rings.